The predicted molar refractivity (Wildman–Crippen MR) is 52.9 cm³/mol. The number of aromatic nitrogens is 1. The summed E-state index contributed by atoms with van der Waals surface area (Å²) in [6.07, 6.45) is 5.49. The highest BCUT2D eigenvalue weighted by molar-refractivity contribution is 5.33. The molecule has 1 saturated carbocycles. The Hall–Kier alpha value is -1.09. The lowest BCUT2D eigenvalue weighted by molar-refractivity contribution is 0.596. The van der Waals surface area contributed by atoms with Crippen molar-refractivity contribution in [2.24, 2.45) is 11.7 Å². The molecule has 3 nitrogen and oxygen atoms in total. The van der Waals surface area contributed by atoms with Crippen molar-refractivity contribution in [3.05, 3.63) is 23.9 Å². The Labute approximate surface area is 78.1 Å². The first-order valence-electron chi connectivity index (χ1n) is 4.72. The van der Waals surface area contributed by atoms with Gasteiger partial charge in [-0.05, 0) is 30.0 Å². The minimum Gasteiger partial charge on any atom is -0.384 e. The third-order valence-corrected chi connectivity index (χ3v) is 2.52. The van der Waals surface area contributed by atoms with Crippen LogP contribution >= 0.6 is 0 Å². The number of hydrogen-bond donors (Lipinski definition) is 2. The molecule has 1 heterocycles. The van der Waals surface area contributed by atoms with Crippen LogP contribution in [0.15, 0.2) is 18.3 Å². The van der Waals surface area contributed by atoms with Crippen LogP contribution in [0.2, 0.25) is 0 Å². The number of nitrogens with two attached hydrogens (primary N) is 2. The smallest absolute Gasteiger partial charge is 0.123 e. The second kappa shape index (κ2) is 3.34. The van der Waals surface area contributed by atoms with Gasteiger partial charge in [0.15, 0.2) is 0 Å². The highest BCUT2D eigenvalue weighted by Gasteiger charge is 2.24. The molecule has 4 N–H and O–H groups in total. The monoisotopic (exact) mass is 177 g/mol. The highest BCUT2D eigenvalue weighted by atomic mass is 14.8. The van der Waals surface area contributed by atoms with Gasteiger partial charge in [0.1, 0.15) is 5.82 Å². The summed E-state index contributed by atoms with van der Waals surface area (Å²) >= 11 is 0. The van der Waals surface area contributed by atoms with Gasteiger partial charge in [-0.15, -0.1) is 0 Å². The first-order valence-corrected chi connectivity index (χ1v) is 4.72. The molecule has 1 aliphatic carbocycles. The summed E-state index contributed by atoms with van der Waals surface area (Å²) in [6, 6.07) is 3.95. The molecule has 0 bridgehead atoms. The Kier molecular flexibility index (Phi) is 2.19. The van der Waals surface area contributed by atoms with Gasteiger partial charge in [-0.2, -0.15) is 0 Å². The molecule has 0 spiro atoms. The molecule has 2 rings (SSSR count). The lowest BCUT2D eigenvalue weighted by Crippen LogP contribution is -2.11. The van der Waals surface area contributed by atoms with Crippen LogP contribution in [0.25, 0.3) is 0 Å². The zero-order valence-corrected chi connectivity index (χ0v) is 7.61. The number of nitrogen functional groups attached to an aromatic ring is 1. The van der Waals surface area contributed by atoms with Gasteiger partial charge in [-0.3, -0.25) is 0 Å². The molecular weight excluding hydrogens is 162 g/mol. The van der Waals surface area contributed by atoms with Gasteiger partial charge in [0, 0.05) is 12.2 Å². The van der Waals surface area contributed by atoms with Crippen LogP contribution in [-0.2, 0) is 0 Å². The van der Waals surface area contributed by atoms with Crippen LogP contribution in [0.5, 0.6) is 0 Å². The molecule has 0 radical (unpaired) electrons. The van der Waals surface area contributed by atoms with Crippen molar-refractivity contribution in [3.63, 3.8) is 0 Å². The first kappa shape index (κ1) is 8.51. The summed E-state index contributed by atoms with van der Waals surface area (Å²) < 4.78 is 0. The Bertz CT molecular complexity index is 294. The predicted octanol–water partition coefficient (Wildman–Crippen LogP) is 1.46. The van der Waals surface area contributed by atoms with Crippen LogP contribution in [0.4, 0.5) is 5.82 Å². The van der Waals surface area contributed by atoms with Gasteiger partial charge in [0.05, 0.1) is 0 Å². The summed E-state index contributed by atoms with van der Waals surface area (Å²) in [7, 11) is 0. The maximum Gasteiger partial charge on any atom is 0.123 e. The maximum atomic E-state index is 6.02. The second-order valence-corrected chi connectivity index (χ2v) is 3.80. The Morgan fingerprint density at radius 1 is 1.54 bits per heavy atom. The van der Waals surface area contributed by atoms with E-state index in [1.54, 1.807) is 6.20 Å². The molecule has 0 amide bonds. The molecule has 1 aliphatic rings. The molecule has 3 heteroatoms. The minimum absolute atomic E-state index is 0.137. The van der Waals surface area contributed by atoms with Crippen molar-refractivity contribution < 1.29 is 0 Å². The molecule has 0 aromatic carbocycles. The summed E-state index contributed by atoms with van der Waals surface area (Å²) in [5.74, 6) is 1.41. The molecule has 0 saturated heterocycles. The van der Waals surface area contributed by atoms with Crippen LogP contribution in [0.3, 0.4) is 0 Å². The topological polar surface area (TPSA) is 64.9 Å². The molecule has 1 atom stereocenters. The van der Waals surface area contributed by atoms with Crippen LogP contribution in [0.1, 0.15) is 30.9 Å². The molecule has 1 aromatic rings. The van der Waals surface area contributed by atoms with Crippen molar-refractivity contribution in [2.45, 2.75) is 25.3 Å². The summed E-state index contributed by atoms with van der Waals surface area (Å²) in [5, 5.41) is 0. The Morgan fingerprint density at radius 2 is 2.31 bits per heavy atom. The molecule has 1 fully saturated rings. The van der Waals surface area contributed by atoms with E-state index < -0.39 is 0 Å². The quantitative estimate of drug-likeness (QED) is 0.734. The molecule has 13 heavy (non-hydrogen) atoms. The zero-order valence-electron chi connectivity index (χ0n) is 7.61. The first-order chi connectivity index (χ1) is 6.25. The van der Waals surface area contributed by atoms with Crippen molar-refractivity contribution in [3.8, 4) is 0 Å². The van der Waals surface area contributed by atoms with E-state index >= 15 is 0 Å². The SMILES string of the molecule is Nc1cc(C(N)CC2CC2)ccn1. The maximum absolute atomic E-state index is 6.02. The van der Waals surface area contributed by atoms with E-state index in [1.165, 1.54) is 12.8 Å². The number of nitrogens with zero attached hydrogens (tertiary/aromatic N) is 1. The molecule has 70 valence electrons. The Morgan fingerprint density at radius 3 is 2.92 bits per heavy atom. The normalized spacial score (nSPS) is 18.5. The zero-order chi connectivity index (χ0) is 9.26. The molecule has 0 aliphatic heterocycles. The lowest BCUT2D eigenvalue weighted by Gasteiger charge is -2.10. The van der Waals surface area contributed by atoms with E-state index in [0.29, 0.717) is 5.82 Å². The van der Waals surface area contributed by atoms with Gasteiger partial charge in [0.25, 0.3) is 0 Å². The van der Waals surface area contributed by atoms with E-state index in [9.17, 15) is 0 Å². The summed E-state index contributed by atoms with van der Waals surface area (Å²) in [4.78, 5) is 3.94. The van der Waals surface area contributed by atoms with Gasteiger partial charge in [0.2, 0.25) is 0 Å². The van der Waals surface area contributed by atoms with Crippen molar-refractivity contribution in [1.29, 1.82) is 0 Å². The largest absolute Gasteiger partial charge is 0.384 e. The fourth-order valence-corrected chi connectivity index (χ4v) is 1.54. The molecule has 1 aromatic heterocycles. The van der Waals surface area contributed by atoms with Crippen LogP contribution in [-0.4, -0.2) is 4.98 Å². The van der Waals surface area contributed by atoms with Crippen molar-refractivity contribution >= 4 is 5.82 Å². The standard InChI is InChI=1S/C10H15N3/c11-9(5-7-1-2-7)8-3-4-13-10(12)6-8/h3-4,6-7,9H,1-2,5,11H2,(H2,12,13). The molecular formula is C10H15N3. The van der Waals surface area contributed by atoms with E-state index in [1.807, 2.05) is 12.1 Å². The fourth-order valence-electron chi connectivity index (χ4n) is 1.54. The van der Waals surface area contributed by atoms with E-state index in [2.05, 4.69) is 4.98 Å². The fraction of sp³-hybridized carbons (Fsp3) is 0.500. The van der Waals surface area contributed by atoms with Crippen molar-refractivity contribution in [2.75, 3.05) is 5.73 Å². The van der Waals surface area contributed by atoms with Gasteiger partial charge in [-0.1, -0.05) is 12.8 Å². The number of pyridine rings is 1. The van der Waals surface area contributed by atoms with Crippen LogP contribution < -0.4 is 11.5 Å². The van der Waals surface area contributed by atoms with E-state index in [0.717, 1.165) is 17.9 Å². The minimum atomic E-state index is 0.137. The average Bonchev–Trinajstić information content (AvgIpc) is 2.88. The highest BCUT2D eigenvalue weighted by Crippen LogP contribution is 2.36. The van der Waals surface area contributed by atoms with Crippen LogP contribution in [0, 0.1) is 5.92 Å². The molecule has 1 unspecified atom stereocenters. The number of hydrogen-bond acceptors (Lipinski definition) is 3. The Balaban J connectivity index is 2.04. The number of anilines is 1. The summed E-state index contributed by atoms with van der Waals surface area (Å²) in [5.41, 5.74) is 12.7. The van der Waals surface area contributed by atoms with E-state index in [4.69, 9.17) is 11.5 Å². The average molecular weight is 177 g/mol. The third kappa shape index (κ3) is 2.18. The summed E-state index contributed by atoms with van der Waals surface area (Å²) in [6.45, 7) is 0. The van der Waals surface area contributed by atoms with Gasteiger partial charge < -0.3 is 11.5 Å². The second-order valence-electron chi connectivity index (χ2n) is 3.80. The lowest BCUT2D eigenvalue weighted by atomic mass is 10.0. The number of rotatable bonds is 3. The third-order valence-electron chi connectivity index (χ3n) is 2.52. The van der Waals surface area contributed by atoms with E-state index in [-0.39, 0.29) is 6.04 Å². The van der Waals surface area contributed by atoms with Crippen molar-refractivity contribution in [1.82, 2.24) is 4.98 Å². The van der Waals surface area contributed by atoms with Gasteiger partial charge >= 0.3 is 0 Å². The van der Waals surface area contributed by atoms with Gasteiger partial charge in [-0.25, -0.2) is 4.98 Å².